The molecule has 0 unspecified atom stereocenters. The summed E-state index contributed by atoms with van der Waals surface area (Å²) in [4.78, 5) is 25.6. The van der Waals surface area contributed by atoms with E-state index in [4.69, 9.17) is 0 Å². The summed E-state index contributed by atoms with van der Waals surface area (Å²) in [6.45, 7) is 3.51. The van der Waals surface area contributed by atoms with Crippen LogP contribution in [0.1, 0.15) is 23.4 Å². The van der Waals surface area contributed by atoms with E-state index >= 15 is 0 Å². The molecule has 2 aromatic rings. The van der Waals surface area contributed by atoms with Crippen molar-refractivity contribution >= 4 is 35.0 Å². The molecule has 0 aromatic heterocycles. The van der Waals surface area contributed by atoms with Crippen LogP contribution in [-0.4, -0.2) is 17.6 Å². The summed E-state index contributed by atoms with van der Waals surface area (Å²) in [6, 6.07) is 15.6. The third-order valence-electron chi connectivity index (χ3n) is 3.72. The molecule has 23 heavy (non-hydrogen) atoms. The summed E-state index contributed by atoms with van der Waals surface area (Å²) in [5, 5.41) is 2.72. The normalized spacial score (nSPS) is 17.4. The zero-order valence-electron chi connectivity index (χ0n) is 13.1. The van der Waals surface area contributed by atoms with Crippen LogP contribution < -0.4 is 10.2 Å². The Morgan fingerprint density at radius 3 is 2.57 bits per heavy atom. The van der Waals surface area contributed by atoms with Crippen molar-refractivity contribution in [3.8, 4) is 0 Å². The molecule has 0 aliphatic carbocycles. The van der Waals surface area contributed by atoms with E-state index in [1.807, 2.05) is 60.4 Å². The van der Waals surface area contributed by atoms with Crippen LogP contribution in [0.25, 0.3) is 0 Å². The molecule has 0 bridgehead atoms. The predicted octanol–water partition coefficient (Wildman–Crippen LogP) is 3.73. The largest absolute Gasteiger partial charge is 0.326 e. The molecule has 3 rings (SSSR count). The first-order valence-corrected chi connectivity index (χ1v) is 8.48. The Morgan fingerprint density at radius 2 is 1.87 bits per heavy atom. The smallest absolute Gasteiger partial charge is 0.238 e. The fourth-order valence-corrected chi connectivity index (χ4v) is 3.87. The lowest BCUT2D eigenvalue weighted by molar-refractivity contribution is -0.116. The van der Waals surface area contributed by atoms with Gasteiger partial charge in [0, 0.05) is 23.9 Å². The average molecular weight is 326 g/mol. The van der Waals surface area contributed by atoms with Crippen LogP contribution in [0.4, 0.5) is 11.4 Å². The predicted molar refractivity (Wildman–Crippen MR) is 94.6 cm³/mol. The number of nitrogens with one attached hydrogen (secondary N) is 1. The van der Waals surface area contributed by atoms with Crippen molar-refractivity contribution in [1.82, 2.24) is 0 Å². The molecule has 2 aromatic carbocycles. The maximum atomic E-state index is 12.4. The topological polar surface area (TPSA) is 49.4 Å². The van der Waals surface area contributed by atoms with Gasteiger partial charge >= 0.3 is 0 Å². The first-order valence-electron chi connectivity index (χ1n) is 7.43. The number of anilines is 2. The van der Waals surface area contributed by atoms with Crippen LogP contribution in [0.5, 0.6) is 0 Å². The molecule has 5 heteroatoms. The Morgan fingerprint density at radius 1 is 1.17 bits per heavy atom. The highest BCUT2D eigenvalue weighted by atomic mass is 32.2. The molecular formula is C18H18N2O2S. The van der Waals surface area contributed by atoms with Crippen molar-refractivity contribution in [3.05, 3.63) is 59.7 Å². The molecule has 1 N–H and O–H groups in total. The SMILES string of the molecule is CC(=O)Nc1ccccc1[C@H]1SCC(=O)N1c1ccc(C)cc1. The Balaban J connectivity index is 2.00. The Labute approximate surface area is 139 Å². The maximum absolute atomic E-state index is 12.4. The quantitative estimate of drug-likeness (QED) is 0.935. The summed E-state index contributed by atoms with van der Waals surface area (Å²) in [6.07, 6.45) is 0. The van der Waals surface area contributed by atoms with Gasteiger partial charge in [0.15, 0.2) is 0 Å². The van der Waals surface area contributed by atoms with E-state index < -0.39 is 0 Å². The van der Waals surface area contributed by atoms with Crippen molar-refractivity contribution in [1.29, 1.82) is 0 Å². The minimum absolute atomic E-state index is 0.0847. The molecule has 1 atom stereocenters. The zero-order chi connectivity index (χ0) is 16.4. The molecule has 0 spiro atoms. The van der Waals surface area contributed by atoms with Gasteiger partial charge in [0.25, 0.3) is 0 Å². The van der Waals surface area contributed by atoms with E-state index in [1.54, 1.807) is 11.8 Å². The molecule has 1 fully saturated rings. The van der Waals surface area contributed by atoms with E-state index in [9.17, 15) is 9.59 Å². The van der Waals surface area contributed by atoms with Crippen molar-refractivity contribution in [2.45, 2.75) is 19.2 Å². The first kappa shape index (κ1) is 15.6. The zero-order valence-corrected chi connectivity index (χ0v) is 13.9. The fraction of sp³-hybridized carbons (Fsp3) is 0.222. The second-order valence-corrected chi connectivity index (χ2v) is 6.60. The number of hydrogen-bond acceptors (Lipinski definition) is 3. The summed E-state index contributed by atoms with van der Waals surface area (Å²) in [5.41, 5.74) is 3.74. The van der Waals surface area contributed by atoms with Crippen LogP contribution >= 0.6 is 11.8 Å². The number of benzene rings is 2. The molecule has 4 nitrogen and oxygen atoms in total. The second kappa shape index (κ2) is 6.46. The lowest BCUT2D eigenvalue weighted by atomic mass is 10.1. The molecule has 1 heterocycles. The van der Waals surface area contributed by atoms with E-state index in [0.29, 0.717) is 5.75 Å². The molecule has 2 amide bonds. The number of nitrogens with zero attached hydrogens (tertiary/aromatic N) is 1. The van der Waals surface area contributed by atoms with Crippen LogP contribution in [0.3, 0.4) is 0 Å². The van der Waals surface area contributed by atoms with Gasteiger partial charge in [-0.1, -0.05) is 35.9 Å². The number of hydrogen-bond donors (Lipinski definition) is 1. The van der Waals surface area contributed by atoms with Crippen LogP contribution in [0.15, 0.2) is 48.5 Å². The van der Waals surface area contributed by atoms with Crippen molar-refractivity contribution < 1.29 is 9.59 Å². The van der Waals surface area contributed by atoms with Crippen LogP contribution in [0.2, 0.25) is 0 Å². The Bertz CT molecular complexity index is 743. The van der Waals surface area contributed by atoms with E-state index in [0.717, 1.165) is 22.5 Å². The van der Waals surface area contributed by atoms with Crippen molar-refractivity contribution in [2.75, 3.05) is 16.0 Å². The van der Waals surface area contributed by atoms with E-state index in [-0.39, 0.29) is 17.2 Å². The number of carbonyl (C=O) groups excluding carboxylic acids is 2. The van der Waals surface area contributed by atoms with Crippen molar-refractivity contribution in [2.24, 2.45) is 0 Å². The molecule has 1 saturated heterocycles. The molecule has 0 radical (unpaired) electrons. The van der Waals surface area contributed by atoms with Crippen LogP contribution in [0, 0.1) is 6.92 Å². The first-order chi connectivity index (χ1) is 11.1. The maximum Gasteiger partial charge on any atom is 0.238 e. The van der Waals surface area contributed by atoms with Gasteiger partial charge in [-0.25, -0.2) is 0 Å². The molecule has 118 valence electrons. The number of carbonyl (C=O) groups is 2. The number of rotatable bonds is 3. The summed E-state index contributed by atoms with van der Waals surface area (Å²) in [5.74, 6) is 0.405. The van der Waals surface area contributed by atoms with Gasteiger partial charge in [0.05, 0.1) is 5.75 Å². The number of aryl methyl sites for hydroxylation is 1. The number of para-hydroxylation sites is 1. The monoisotopic (exact) mass is 326 g/mol. The van der Waals surface area contributed by atoms with Gasteiger partial charge in [-0.15, -0.1) is 11.8 Å². The third-order valence-corrected chi connectivity index (χ3v) is 4.91. The highest BCUT2D eigenvalue weighted by molar-refractivity contribution is 8.00. The lowest BCUT2D eigenvalue weighted by Crippen LogP contribution is -2.28. The highest BCUT2D eigenvalue weighted by Crippen LogP contribution is 2.44. The number of amides is 2. The third kappa shape index (κ3) is 3.24. The average Bonchev–Trinajstić information content (AvgIpc) is 2.90. The summed E-state index contributed by atoms with van der Waals surface area (Å²) >= 11 is 1.58. The highest BCUT2D eigenvalue weighted by Gasteiger charge is 2.35. The molecule has 1 aliphatic rings. The summed E-state index contributed by atoms with van der Waals surface area (Å²) < 4.78 is 0. The van der Waals surface area contributed by atoms with Gasteiger partial charge in [0.2, 0.25) is 11.8 Å². The minimum Gasteiger partial charge on any atom is -0.326 e. The standard InChI is InChI=1S/C18H18N2O2S/c1-12-7-9-14(10-8-12)20-17(22)11-23-18(20)15-5-3-4-6-16(15)19-13(2)21/h3-10,18H,11H2,1-2H3,(H,19,21)/t18-/m1/s1. The van der Waals surface area contributed by atoms with Gasteiger partial charge in [-0.2, -0.15) is 0 Å². The van der Waals surface area contributed by atoms with Gasteiger partial charge < -0.3 is 5.32 Å². The minimum atomic E-state index is -0.131. The van der Waals surface area contributed by atoms with Gasteiger partial charge in [0.1, 0.15) is 5.37 Å². The molecule has 1 aliphatic heterocycles. The van der Waals surface area contributed by atoms with E-state index in [1.165, 1.54) is 6.92 Å². The summed E-state index contributed by atoms with van der Waals surface area (Å²) in [7, 11) is 0. The Hall–Kier alpha value is -2.27. The lowest BCUT2D eigenvalue weighted by Gasteiger charge is -2.26. The van der Waals surface area contributed by atoms with Gasteiger partial charge in [-0.05, 0) is 25.1 Å². The van der Waals surface area contributed by atoms with E-state index in [2.05, 4.69) is 5.32 Å². The molecule has 0 saturated carbocycles. The van der Waals surface area contributed by atoms with Crippen molar-refractivity contribution in [3.63, 3.8) is 0 Å². The van der Waals surface area contributed by atoms with Crippen LogP contribution in [-0.2, 0) is 9.59 Å². The number of thioether (sulfide) groups is 1. The van der Waals surface area contributed by atoms with Gasteiger partial charge in [-0.3, -0.25) is 14.5 Å². The molecular weight excluding hydrogens is 308 g/mol. The fourth-order valence-electron chi connectivity index (χ4n) is 2.65. The second-order valence-electron chi connectivity index (χ2n) is 5.53. The Kier molecular flexibility index (Phi) is 4.39.